The molecule has 0 spiro atoms. The minimum Gasteiger partial charge on any atom is -0.495 e. The molecule has 1 aliphatic carbocycles. The third-order valence-electron chi connectivity index (χ3n) is 5.05. The Labute approximate surface area is 185 Å². The van der Waals surface area contributed by atoms with Crippen LogP contribution in [-0.2, 0) is 22.9 Å². The highest BCUT2D eigenvalue weighted by molar-refractivity contribution is 7.92. The first-order chi connectivity index (χ1) is 14.9. The molecule has 31 heavy (non-hydrogen) atoms. The zero-order chi connectivity index (χ0) is 22.0. The first-order valence-corrected chi connectivity index (χ1v) is 12.0. The number of benzene rings is 2. The second-order valence-electron chi connectivity index (χ2n) is 7.03. The van der Waals surface area contributed by atoms with Crippen molar-refractivity contribution >= 4 is 38.6 Å². The number of methoxy groups -OCH3 is 2. The summed E-state index contributed by atoms with van der Waals surface area (Å²) < 4.78 is 39.0. The van der Waals surface area contributed by atoms with E-state index >= 15 is 0 Å². The fourth-order valence-electron chi connectivity index (χ4n) is 3.51. The second kappa shape index (κ2) is 8.60. The molecule has 0 atom stereocenters. The normalized spacial score (nSPS) is 12.8. The number of rotatable bonds is 7. The monoisotopic (exact) mass is 458 g/mol. The van der Waals surface area contributed by atoms with Crippen LogP contribution < -0.4 is 19.5 Å². The number of aryl methyl sites for hydroxylation is 2. The first kappa shape index (κ1) is 21.2. The number of carbonyl (C=O) groups is 1. The lowest BCUT2D eigenvalue weighted by Crippen LogP contribution is -2.15. The number of hydrogen-bond acceptors (Lipinski definition) is 6. The molecular weight excluding hydrogens is 436 g/mol. The molecule has 1 aromatic heterocycles. The predicted octanol–water partition coefficient (Wildman–Crippen LogP) is 4.31. The molecule has 3 aromatic rings. The van der Waals surface area contributed by atoms with Crippen LogP contribution in [0.15, 0.2) is 53.4 Å². The minimum absolute atomic E-state index is 0.0109. The molecule has 0 unspecified atom stereocenters. The van der Waals surface area contributed by atoms with Crippen molar-refractivity contribution in [3.8, 4) is 11.5 Å². The average Bonchev–Trinajstić information content (AvgIpc) is 3.36. The number of thiophene rings is 1. The van der Waals surface area contributed by atoms with Crippen molar-refractivity contribution in [1.82, 2.24) is 0 Å². The molecule has 0 radical (unpaired) electrons. The molecule has 0 saturated heterocycles. The predicted molar refractivity (Wildman–Crippen MR) is 121 cm³/mol. The number of para-hydroxylation sites is 2. The van der Waals surface area contributed by atoms with Gasteiger partial charge in [-0.05, 0) is 61.2 Å². The third kappa shape index (κ3) is 4.38. The molecular formula is C22H22N2O5S2. The maximum Gasteiger partial charge on any atom is 0.265 e. The van der Waals surface area contributed by atoms with Gasteiger partial charge in [0.05, 0.1) is 35.4 Å². The van der Waals surface area contributed by atoms with Crippen molar-refractivity contribution in [2.24, 2.45) is 0 Å². The van der Waals surface area contributed by atoms with Crippen molar-refractivity contribution in [2.75, 3.05) is 24.3 Å². The van der Waals surface area contributed by atoms with Gasteiger partial charge in [0, 0.05) is 4.88 Å². The SMILES string of the molecule is COc1ccc(S(=O)(=O)Nc2ccccc2OC)cc1NC(=O)c1cc2c(s1)CCC2. The molecule has 9 heteroatoms. The van der Waals surface area contributed by atoms with E-state index in [9.17, 15) is 13.2 Å². The smallest absolute Gasteiger partial charge is 0.265 e. The van der Waals surface area contributed by atoms with E-state index in [2.05, 4.69) is 10.0 Å². The van der Waals surface area contributed by atoms with Crippen molar-refractivity contribution in [3.05, 3.63) is 63.8 Å². The average molecular weight is 459 g/mol. The Morgan fingerprint density at radius 3 is 2.45 bits per heavy atom. The first-order valence-electron chi connectivity index (χ1n) is 9.68. The lowest BCUT2D eigenvalue weighted by molar-refractivity contribution is 0.103. The lowest BCUT2D eigenvalue weighted by atomic mass is 10.2. The van der Waals surface area contributed by atoms with E-state index in [1.165, 1.54) is 54.2 Å². The van der Waals surface area contributed by atoms with Gasteiger partial charge in [0.2, 0.25) is 0 Å². The largest absolute Gasteiger partial charge is 0.495 e. The molecule has 1 aliphatic rings. The Bertz CT molecular complexity index is 1210. The van der Waals surface area contributed by atoms with E-state index in [1.54, 1.807) is 24.3 Å². The summed E-state index contributed by atoms with van der Waals surface area (Å²) in [6.07, 6.45) is 3.11. The Morgan fingerprint density at radius 2 is 1.71 bits per heavy atom. The van der Waals surface area contributed by atoms with E-state index in [1.807, 2.05) is 6.07 Å². The Morgan fingerprint density at radius 1 is 0.968 bits per heavy atom. The molecule has 1 heterocycles. The topological polar surface area (TPSA) is 93.7 Å². The van der Waals surface area contributed by atoms with Gasteiger partial charge in [0.15, 0.2) is 0 Å². The van der Waals surface area contributed by atoms with Gasteiger partial charge < -0.3 is 14.8 Å². The van der Waals surface area contributed by atoms with Crippen LogP contribution in [0.2, 0.25) is 0 Å². The molecule has 0 saturated carbocycles. The summed E-state index contributed by atoms with van der Waals surface area (Å²) in [5.74, 6) is 0.484. The van der Waals surface area contributed by atoms with Gasteiger partial charge >= 0.3 is 0 Å². The number of nitrogens with one attached hydrogen (secondary N) is 2. The van der Waals surface area contributed by atoms with Gasteiger partial charge in [-0.2, -0.15) is 0 Å². The molecule has 162 valence electrons. The molecule has 7 nitrogen and oxygen atoms in total. The fraction of sp³-hybridized carbons (Fsp3) is 0.227. The van der Waals surface area contributed by atoms with Crippen LogP contribution in [0.4, 0.5) is 11.4 Å². The van der Waals surface area contributed by atoms with Gasteiger partial charge in [0.25, 0.3) is 15.9 Å². The summed E-state index contributed by atoms with van der Waals surface area (Å²) in [4.78, 5) is 14.6. The highest BCUT2D eigenvalue weighted by Crippen LogP contribution is 2.33. The Hall–Kier alpha value is -3.04. The van der Waals surface area contributed by atoms with Gasteiger partial charge in [-0.1, -0.05) is 12.1 Å². The van der Waals surface area contributed by atoms with Crippen LogP contribution >= 0.6 is 11.3 Å². The van der Waals surface area contributed by atoms with Crippen LogP contribution in [0.25, 0.3) is 0 Å². The van der Waals surface area contributed by atoms with Crippen molar-refractivity contribution in [3.63, 3.8) is 0 Å². The van der Waals surface area contributed by atoms with E-state index in [0.717, 1.165) is 19.3 Å². The zero-order valence-corrected chi connectivity index (χ0v) is 18.7. The third-order valence-corrected chi connectivity index (χ3v) is 7.65. The molecule has 2 aromatic carbocycles. The molecule has 2 N–H and O–H groups in total. The van der Waals surface area contributed by atoms with E-state index in [-0.39, 0.29) is 16.5 Å². The maximum atomic E-state index is 13.0. The van der Waals surface area contributed by atoms with E-state index in [0.29, 0.717) is 22.1 Å². The second-order valence-corrected chi connectivity index (χ2v) is 9.85. The standard InChI is InChI=1S/C22H22N2O5S2/c1-28-18-8-4-3-7-16(18)24-31(26,27)15-10-11-19(29-2)17(13-15)23-22(25)21-12-14-6-5-9-20(14)30-21/h3-4,7-8,10-13,24H,5-6,9H2,1-2H3,(H,23,25). The van der Waals surface area contributed by atoms with E-state index in [4.69, 9.17) is 9.47 Å². The summed E-state index contributed by atoms with van der Waals surface area (Å²) in [6, 6.07) is 13.0. The number of ether oxygens (including phenoxy) is 2. The van der Waals surface area contributed by atoms with Crippen molar-refractivity contribution in [2.45, 2.75) is 24.2 Å². The van der Waals surface area contributed by atoms with Crippen LogP contribution in [0.1, 0.15) is 26.5 Å². The van der Waals surface area contributed by atoms with Crippen LogP contribution in [0, 0.1) is 0 Å². The van der Waals surface area contributed by atoms with Crippen LogP contribution in [-0.4, -0.2) is 28.5 Å². The Balaban J connectivity index is 1.61. The number of anilines is 2. The Kier molecular flexibility index (Phi) is 5.88. The molecule has 0 aliphatic heterocycles. The highest BCUT2D eigenvalue weighted by Gasteiger charge is 2.22. The summed E-state index contributed by atoms with van der Waals surface area (Å²) in [5.41, 5.74) is 1.82. The minimum atomic E-state index is -3.93. The summed E-state index contributed by atoms with van der Waals surface area (Å²) >= 11 is 1.48. The highest BCUT2D eigenvalue weighted by atomic mass is 32.2. The van der Waals surface area contributed by atoms with Crippen LogP contribution in [0.5, 0.6) is 11.5 Å². The van der Waals surface area contributed by atoms with Gasteiger partial charge in [-0.3, -0.25) is 9.52 Å². The number of fused-ring (bicyclic) bond motifs is 1. The van der Waals surface area contributed by atoms with E-state index < -0.39 is 10.0 Å². The maximum absolute atomic E-state index is 13.0. The molecule has 1 amide bonds. The number of carbonyl (C=O) groups excluding carboxylic acids is 1. The summed E-state index contributed by atoms with van der Waals surface area (Å²) in [5, 5.41) is 2.79. The number of sulfonamides is 1. The number of amides is 1. The van der Waals surface area contributed by atoms with Crippen molar-refractivity contribution in [1.29, 1.82) is 0 Å². The fourth-order valence-corrected chi connectivity index (χ4v) is 5.75. The quantitative estimate of drug-likeness (QED) is 0.550. The molecule has 4 rings (SSSR count). The lowest BCUT2D eigenvalue weighted by Gasteiger charge is -2.14. The molecule has 0 bridgehead atoms. The number of hydrogen-bond donors (Lipinski definition) is 2. The summed E-state index contributed by atoms with van der Waals surface area (Å²) in [6.45, 7) is 0. The van der Waals surface area contributed by atoms with Crippen LogP contribution in [0.3, 0.4) is 0 Å². The van der Waals surface area contributed by atoms with Gasteiger partial charge in [-0.15, -0.1) is 11.3 Å². The van der Waals surface area contributed by atoms with Gasteiger partial charge in [0.1, 0.15) is 11.5 Å². The summed E-state index contributed by atoms with van der Waals surface area (Å²) in [7, 11) is -0.994. The van der Waals surface area contributed by atoms with Crippen molar-refractivity contribution < 1.29 is 22.7 Å². The molecule has 0 fully saturated rings. The van der Waals surface area contributed by atoms with Gasteiger partial charge in [-0.25, -0.2) is 8.42 Å². The zero-order valence-electron chi connectivity index (χ0n) is 17.1.